The first-order valence-electron chi connectivity index (χ1n) is 8.53. The predicted octanol–water partition coefficient (Wildman–Crippen LogP) is 4.03. The van der Waals surface area contributed by atoms with E-state index in [1.807, 2.05) is 37.3 Å². The Morgan fingerprint density at radius 1 is 1.20 bits per heavy atom. The van der Waals surface area contributed by atoms with E-state index in [0.29, 0.717) is 12.2 Å². The Morgan fingerprint density at radius 2 is 1.84 bits per heavy atom. The number of rotatable bonds is 7. The molecule has 0 aliphatic rings. The fraction of sp³-hybridized carbons (Fsp3) is 0.400. The summed E-state index contributed by atoms with van der Waals surface area (Å²) in [6, 6.07) is 11.2. The number of aromatic carboxylic acids is 1. The maximum Gasteiger partial charge on any atom is 0.339 e. The van der Waals surface area contributed by atoms with Gasteiger partial charge in [0.2, 0.25) is 0 Å². The van der Waals surface area contributed by atoms with Gasteiger partial charge in [-0.05, 0) is 12.0 Å². The molecule has 0 fully saturated rings. The molecular formula is C20H25NO4. The molecule has 0 aliphatic carbocycles. The molecule has 134 valence electrons. The number of hydrogen-bond acceptors (Lipinski definition) is 3. The third-order valence-corrected chi connectivity index (χ3v) is 4.69. The van der Waals surface area contributed by atoms with E-state index in [1.165, 1.54) is 6.07 Å². The first kappa shape index (κ1) is 18.8. The third-order valence-electron chi connectivity index (χ3n) is 4.69. The Balaban J connectivity index is 2.24. The monoisotopic (exact) mass is 343 g/mol. The summed E-state index contributed by atoms with van der Waals surface area (Å²) < 4.78 is 5.46. The summed E-state index contributed by atoms with van der Waals surface area (Å²) in [6.45, 7) is 7.97. The number of benzene rings is 1. The minimum atomic E-state index is -1.09. The van der Waals surface area contributed by atoms with Crippen molar-refractivity contribution in [1.82, 2.24) is 5.32 Å². The molecular weight excluding hydrogens is 318 g/mol. The maximum absolute atomic E-state index is 12.6. The fourth-order valence-electron chi connectivity index (χ4n) is 3.08. The van der Waals surface area contributed by atoms with Crippen molar-refractivity contribution in [3.8, 4) is 0 Å². The molecule has 5 heteroatoms. The van der Waals surface area contributed by atoms with Crippen LogP contribution in [0.3, 0.4) is 0 Å². The van der Waals surface area contributed by atoms with Gasteiger partial charge < -0.3 is 14.8 Å². The van der Waals surface area contributed by atoms with Crippen molar-refractivity contribution in [3.05, 3.63) is 59.0 Å². The van der Waals surface area contributed by atoms with Gasteiger partial charge in [-0.2, -0.15) is 0 Å². The van der Waals surface area contributed by atoms with E-state index in [1.54, 1.807) is 6.92 Å². The van der Waals surface area contributed by atoms with Gasteiger partial charge in [-0.25, -0.2) is 4.79 Å². The largest absolute Gasteiger partial charge is 0.478 e. The molecule has 0 saturated carbocycles. The first-order chi connectivity index (χ1) is 11.8. The first-order valence-corrected chi connectivity index (χ1v) is 8.53. The van der Waals surface area contributed by atoms with Gasteiger partial charge in [0.15, 0.2) is 5.76 Å². The SMILES string of the molecule is CCc1oc(C(=O)NC(CC)C(C)(C)c2ccccc2)cc1C(=O)O. The minimum absolute atomic E-state index is 0.0385. The van der Waals surface area contributed by atoms with Gasteiger partial charge >= 0.3 is 5.97 Å². The van der Waals surface area contributed by atoms with Gasteiger partial charge in [-0.1, -0.05) is 58.0 Å². The molecule has 2 aromatic rings. The lowest BCUT2D eigenvalue weighted by Gasteiger charge is -2.34. The van der Waals surface area contributed by atoms with Crippen molar-refractivity contribution < 1.29 is 19.1 Å². The number of carboxylic acid groups (broad SMARTS) is 1. The van der Waals surface area contributed by atoms with Crippen LogP contribution in [0.25, 0.3) is 0 Å². The number of nitrogens with one attached hydrogen (secondary N) is 1. The molecule has 2 rings (SSSR count). The van der Waals surface area contributed by atoms with E-state index in [4.69, 9.17) is 4.42 Å². The summed E-state index contributed by atoms with van der Waals surface area (Å²) in [4.78, 5) is 23.8. The Kier molecular flexibility index (Phi) is 5.67. The second-order valence-corrected chi connectivity index (χ2v) is 6.63. The molecule has 1 atom stereocenters. The van der Waals surface area contributed by atoms with Crippen LogP contribution in [-0.4, -0.2) is 23.0 Å². The van der Waals surface area contributed by atoms with Crippen molar-refractivity contribution in [2.45, 2.75) is 52.0 Å². The Bertz CT molecular complexity index is 746. The number of furan rings is 1. The highest BCUT2D eigenvalue weighted by atomic mass is 16.4. The Morgan fingerprint density at radius 3 is 2.32 bits per heavy atom. The molecule has 0 radical (unpaired) electrons. The van der Waals surface area contributed by atoms with Crippen molar-refractivity contribution in [1.29, 1.82) is 0 Å². The van der Waals surface area contributed by atoms with Crippen molar-refractivity contribution in [3.63, 3.8) is 0 Å². The van der Waals surface area contributed by atoms with Crippen LogP contribution in [0.15, 0.2) is 40.8 Å². The number of aryl methyl sites for hydroxylation is 1. The van der Waals surface area contributed by atoms with E-state index in [-0.39, 0.29) is 22.8 Å². The van der Waals surface area contributed by atoms with Gasteiger partial charge in [0.05, 0.1) is 0 Å². The Hall–Kier alpha value is -2.56. The van der Waals surface area contributed by atoms with Gasteiger partial charge in [0.25, 0.3) is 5.91 Å². The highest BCUT2D eigenvalue weighted by Gasteiger charge is 2.32. The molecule has 0 spiro atoms. The summed E-state index contributed by atoms with van der Waals surface area (Å²) in [5.74, 6) is -1.13. The van der Waals surface area contributed by atoms with Crippen LogP contribution in [0, 0.1) is 0 Å². The summed E-state index contributed by atoms with van der Waals surface area (Å²) >= 11 is 0. The third kappa shape index (κ3) is 3.92. The normalized spacial score (nSPS) is 12.6. The van der Waals surface area contributed by atoms with E-state index in [2.05, 4.69) is 19.2 Å². The van der Waals surface area contributed by atoms with Crippen molar-refractivity contribution in [2.75, 3.05) is 0 Å². The Labute approximate surface area is 148 Å². The number of carboxylic acids is 1. The van der Waals surface area contributed by atoms with Crippen LogP contribution in [0.2, 0.25) is 0 Å². The van der Waals surface area contributed by atoms with Gasteiger partial charge in [-0.15, -0.1) is 0 Å². The van der Waals surface area contributed by atoms with Crippen molar-refractivity contribution in [2.24, 2.45) is 0 Å². The number of amides is 1. The van der Waals surface area contributed by atoms with E-state index < -0.39 is 11.9 Å². The maximum atomic E-state index is 12.6. The average Bonchev–Trinajstić information content (AvgIpc) is 3.05. The smallest absolute Gasteiger partial charge is 0.339 e. The standard InChI is InChI=1S/C20H25NO4/c1-5-15-14(19(23)24)12-16(25-15)18(22)21-17(6-2)20(3,4)13-10-8-7-9-11-13/h7-12,17H,5-6H2,1-4H3,(H,21,22)(H,23,24). The fourth-order valence-corrected chi connectivity index (χ4v) is 3.08. The molecule has 1 heterocycles. The van der Waals surface area contributed by atoms with Crippen LogP contribution < -0.4 is 5.32 Å². The molecule has 0 saturated heterocycles. The molecule has 5 nitrogen and oxygen atoms in total. The molecule has 1 aromatic heterocycles. The second kappa shape index (κ2) is 7.55. The molecule has 25 heavy (non-hydrogen) atoms. The average molecular weight is 343 g/mol. The number of carbonyl (C=O) groups excluding carboxylic acids is 1. The lowest BCUT2D eigenvalue weighted by atomic mass is 9.76. The van der Waals surface area contributed by atoms with Crippen LogP contribution in [0.5, 0.6) is 0 Å². The summed E-state index contributed by atoms with van der Waals surface area (Å²) in [7, 11) is 0. The molecule has 0 aliphatic heterocycles. The summed E-state index contributed by atoms with van der Waals surface area (Å²) in [6.07, 6.45) is 1.16. The highest BCUT2D eigenvalue weighted by Crippen LogP contribution is 2.29. The van der Waals surface area contributed by atoms with Crippen LogP contribution in [0.1, 0.15) is 66.4 Å². The van der Waals surface area contributed by atoms with Gasteiger partial charge in [0, 0.05) is 23.9 Å². The van der Waals surface area contributed by atoms with Crippen LogP contribution >= 0.6 is 0 Å². The zero-order chi connectivity index (χ0) is 18.6. The molecule has 0 bridgehead atoms. The van der Waals surface area contributed by atoms with Crippen LogP contribution in [0.4, 0.5) is 0 Å². The highest BCUT2D eigenvalue weighted by molar-refractivity contribution is 5.96. The minimum Gasteiger partial charge on any atom is -0.478 e. The number of carbonyl (C=O) groups is 2. The van der Waals surface area contributed by atoms with Crippen LogP contribution in [-0.2, 0) is 11.8 Å². The quantitative estimate of drug-likeness (QED) is 0.795. The molecule has 1 aromatic carbocycles. The zero-order valence-corrected chi connectivity index (χ0v) is 15.1. The lowest BCUT2D eigenvalue weighted by molar-refractivity contribution is 0.0694. The summed E-state index contributed by atoms with van der Waals surface area (Å²) in [5, 5.41) is 12.2. The zero-order valence-electron chi connectivity index (χ0n) is 15.1. The lowest BCUT2D eigenvalue weighted by Crippen LogP contribution is -2.47. The molecule has 2 N–H and O–H groups in total. The topological polar surface area (TPSA) is 79.5 Å². The molecule has 1 amide bonds. The van der Waals surface area contributed by atoms with Gasteiger partial charge in [-0.3, -0.25) is 4.79 Å². The number of hydrogen-bond donors (Lipinski definition) is 2. The van der Waals surface area contributed by atoms with E-state index in [0.717, 1.165) is 12.0 Å². The molecule has 1 unspecified atom stereocenters. The second-order valence-electron chi connectivity index (χ2n) is 6.63. The summed E-state index contributed by atoms with van der Waals surface area (Å²) in [5.41, 5.74) is 0.895. The van der Waals surface area contributed by atoms with E-state index >= 15 is 0 Å². The van der Waals surface area contributed by atoms with E-state index in [9.17, 15) is 14.7 Å². The predicted molar refractivity (Wildman–Crippen MR) is 96.1 cm³/mol. The van der Waals surface area contributed by atoms with Gasteiger partial charge in [0.1, 0.15) is 11.3 Å². The van der Waals surface area contributed by atoms with Crippen molar-refractivity contribution >= 4 is 11.9 Å².